The molecule has 0 saturated carbocycles. The second kappa shape index (κ2) is 10.6. The number of hydrogen-bond acceptors (Lipinski definition) is 7. The Morgan fingerprint density at radius 1 is 1.26 bits per heavy atom. The molecule has 2 aliphatic heterocycles. The maximum atomic E-state index is 14.2. The number of amides is 3. The van der Waals surface area contributed by atoms with Gasteiger partial charge in [0.25, 0.3) is 0 Å². The predicted octanol–water partition coefficient (Wildman–Crippen LogP) is 4.08. The average molecular weight is 533 g/mol. The number of hydrogen-bond donors (Lipinski definition) is 1. The first kappa shape index (κ1) is 25.3. The second-order valence-corrected chi connectivity index (χ2v) is 9.66. The molecule has 1 saturated heterocycles. The summed E-state index contributed by atoms with van der Waals surface area (Å²) in [5.74, 6) is 0.525. The number of aromatic nitrogens is 1. The molecule has 0 unspecified atom stereocenters. The molecule has 1 N–H and O–H groups in total. The topological polar surface area (TPSA) is 124 Å². The van der Waals surface area contributed by atoms with Crippen LogP contribution in [-0.2, 0) is 4.79 Å². The summed E-state index contributed by atoms with van der Waals surface area (Å²) in [6, 6.07) is 12.7. The van der Waals surface area contributed by atoms with E-state index in [0.29, 0.717) is 46.5 Å². The number of oxazole rings is 1. The van der Waals surface area contributed by atoms with Gasteiger partial charge in [-0.3, -0.25) is 14.7 Å². The van der Waals surface area contributed by atoms with Gasteiger partial charge in [-0.15, -0.1) is 0 Å². The van der Waals surface area contributed by atoms with Gasteiger partial charge in [-0.2, -0.15) is 5.26 Å². The van der Waals surface area contributed by atoms with Crippen LogP contribution < -0.4 is 10.1 Å². The summed E-state index contributed by atoms with van der Waals surface area (Å²) in [6.45, 7) is 4.38. The van der Waals surface area contributed by atoms with E-state index in [1.54, 1.807) is 35.2 Å². The van der Waals surface area contributed by atoms with Crippen molar-refractivity contribution in [3.05, 3.63) is 82.5 Å². The molecule has 5 rings (SSSR count). The minimum atomic E-state index is -0.618. The van der Waals surface area contributed by atoms with Crippen molar-refractivity contribution < 1.29 is 18.7 Å². The van der Waals surface area contributed by atoms with Crippen LogP contribution in [-0.4, -0.2) is 58.3 Å². The summed E-state index contributed by atoms with van der Waals surface area (Å²) in [4.78, 5) is 38.8. The molecule has 0 radical (unpaired) electrons. The third-order valence-electron chi connectivity index (χ3n) is 6.26. The first-order chi connectivity index (χ1) is 18.4. The Balaban J connectivity index is 1.69. The van der Waals surface area contributed by atoms with Crippen LogP contribution in [0.5, 0.6) is 5.75 Å². The first-order valence-corrected chi connectivity index (χ1v) is 12.5. The fourth-order valence-electron chi connectivity index (χ4n) is 4.62. The molecule has 1 aromatic heterocycles. The van der Waals surface area contributed by atoms with E-state index in [4.69, 9.17) is 25.7 Å². The number of piperazine rings is 1. The van der Waals surface area contributed by atoms with Gasteiger partial charge in [-0.05, 0) is 49.7 Å². The van der Waals surface area contributed by atoms with Crippen molar-refractivity contribution in [2.75, 3.05) is 19.6 Å². The van der Waals surface area contributed by atoms with Gasteiger partial charge >= 0.3 is 6.03 Å². The Kier molecular flexibility index (Phi) is 7.03. The van der Waals surface area contributed by atoms with Gasteiger partial charge in [0.2, 0.25) is 5.91 Å². The normalized spacial score (nSPS) is 19.2. The van der Waals surface area contributed by atoms with Crippen LogP contribution in [0.15, 0.2) is 64.5 Å². The van der Waals surface area contributed by atoms with E-state index in [1.807, 2.05) is 26.0 Å². The molecule has 3 amide bonds. The summed E-state index contributed by atoms with van der Waals surface area (Å²) in [7, 11) is 0. The lowest BCUT2D eigenvalue weighted by atomic mass is 9.97. The van der Waals surface area contributed by atoms with Crippen molar-refractivity contribution in [1.82, 2.24) is 20.1 Å². The van der Waals surface area contributed by atoms with Gasteiger partial charge in [-0.1, -0.05) is 23.7 Å². The van der Waals surface area contributed by atoms with Crippen LogP contribution in [0.2, 0.25) is 5.02 Å². The van der Waals surface area contributed by atoms with Crippen molar-refractivity contribution in [2.45, 2.75) is 32.0 Å². The van der Waals surface area contributed by atoms with Crippen LogP contribution in [0, 0.1) is 11.3 Å². The number of nitriles is 1. The molecule has 1 fully saturated rings. The standard InChI is InChI=1S/C27H25ClN6O4/c1-16(2)38-22-11-17(12-29)3-8-20(22)26-32-24(21-14-37-15-31-21)25(18-4-6-19(28)7-5-18)34(26)27(36)33-10-9-30-23(35)13-33/h3-8,11,14-16,24-25H,9-10,13H2,1-2H3,(H,30,35)/t24-,25+/m0/s1. The molecule has 3 aromatic rings. The maximum absolute atomic E-state index is 14.2. The van der Waals surface area contributed by atoms with Crippen LogP contribution in [0.1, 0.15) is 48.3 Å². The quantitative estimate of drug-likeness (QED) is 0.528. The summed E-state index contributed by atoms with van der Waals surface area (Å²) in [5, 5.41) is 12.8. The van der Waals surface area contributed by atoms with Crippen LogP contribution in [0.3, 0.4) is 0 Å². The number of halogens is 1. The number of amidine groups is 1. The molecule has 0 spiro atoms. The van der Waals surface area contributed by atoms with E-state index in [2.05, 4.69) is 16.4 Å². The van der Waals surface area contributed by atoms with Gasteiger partial charge in [0.15, 0.2) is 6.39 Å². The van der Waals surface area contributed by atoms with Gasteiger partial charge < -0.3 is 19.4 Å². The zero-order valence-corrected chi connectivity index (χ0v) is 21.6. The zero-order valence-electron chi connectivity index (χ0n) is 20.8. The lowest BCUT2D eigenvalue weighted by Crippen LogP contribution is -2.55. The van der Waals surface area contributed by atoms with E-state index >= 15 is 0 Å². The second-order valence-electron chi connectivity index (χ2n) is 9.22. The molecule has 2 aromatic carbocycles. The fraction of sp³-hybridized carbons (Fsp3) is 0.296. The van der Waals surface area contributed by atoms with Crippen LogP contribution in [0.4, 0.5) is 4.79 Å². The number of ether oxygens (including phenoxy) is 1. The Morgan fingerprint density at radius 2 is 2.05 bits per heavy atom. The summed E-state index contributed by atoms with van der Waals surface area (Å²) in [5.41, 5.74) is 2.26. The number of nitrogens with zero attached hydrogens (tertiary/aromatic N) is 5. The summed E-state index contributed by atoms with van der Waals surface area (Å²) < 4.78 is 11.3. The highest BCUT2D eigenvalue weighted by molar-refractivity contribution is 6.30. The highest BCUT2D eigenvalue weighted by Crippen LogP contribution is 2.45. The molecule has 0 bridgehead atoms. The molecule has 2 aliphatic rings. The van der Waals surface area contributed by atoms with E-state index in [-0.39, 0.29) is 24.6 Å². The molecular formula is C27H25ClN6O4. The number of benzene rings is 2. The number of carbonyl (C=O) groups excluding carboxylic acids is 2. The van der Waals surface area contributed by atoms with Gasteiger partial charge in [0.1, 0.15) is 36.1 Å². The molecular weight excluding hydrogens is 508 g/mol. The Labute approximate surface area is 224 Å². The lowest BCUT2D eigenvalue weighted by molar-refractivity contribution is -0.123. The molecule has 3 heterocycles. The van der Waals surface area contributed by atoms with Crippen molar-refractivity contribution in [2.24, 2.45) is 4.99 Å². The first-order valence-electron chi connectivity index (χ1n) is 12.1. The number of urea groups is 1. The number of rotatable bonds is 5. The molecule has 0 aliphatic carbocycles. The van der Waals surface area contributed by atoms with Crippen molar-refractivity contribution in [3.63, 3.8) is 0 Å². The predicted molar refractivity (Wildman–Crippen MR) is 139 cm³/mol. The van der Waals surface area contributed by atoms with Gasteiger partial charge in [-0.25, -0.2) is 9.78 Å². The Hall–Kier alpha value is -4.36. The number of carbonyl (C=O) groups is 2. The molecule has 10 nitrogen and oxygen atoms in total. The monoisotopic (exact) mass is 532 g/mol. The SMILES string of the molecule is CC(C)Oc1cc(C#N)ccc1C1=N[C@@H](c2cocn2)[C@@H](c2ccc(Cl)cc2)N1C(=O)N1CCNC(=O)C1. The molecule has 2 atom stereocenters. The summed E-state index contributed by atoms with van der Waals surface area (Å²) >= 11 is 6.18. The molecule has 38 heavy (non-hydrogen) atoms. The largest absolute Gasteiger partial charge is 0.490 e. The molecule has 11 heteroatoms. The smallest absolute Gasteiger partial charge is 0.326 e. The number of aliphatic imine (C=N–C) groups is 1. The third kappa shape index (κ3) is 4.93. The lowest BCUT2D eigenvalue weighted by Gasteiger charge is -2.35. The van der Waals surface area contributed by atoms with E-state index in [0.717, 1.165) is 5.56 Å². The van der Waals surface area contributed by atoms with Crippen molar-refractivity contribution in [3.8, 4) is 11.8 Å². The van der Waals surface area contributed by atoms with E-state index < -0.39 is 12.1 Å². The summed E-state index contributed by atoms with van der Waals surface area (Å²) in [6.07, 6.45) is 2.62. The van der Waals surface area contributed by atoms with Crippen LogP contribution in [0.25, 0.3) is 0 Å². The minimum Gasteiger partial charge on any atom is -0.490 e. The third-order valence-corrected chi connectivity index (χ3v) is 6.51. The fourth-order valence-corrected chi connectivity index (χ4v) is 4.74. The van der Waals surface area contributed by atoms with Gasteiger partial charge in [0.05, 0.1) is 29.3 Å². The Morgan fingerprint density at radius 3 is 2.71 bits per heavy atom. The zero-order chi connectivity index (χ0) is 26.8. The van der Waals surface area contributed by atoms with Crippen LogP contribution >= 0.6 is 11.6 Å². The van der Waals surface area contributed by atoms with E-state index in [9.17, 15) is 14.9 Å². The van der Waals surface area contributed by atoms with Crippen molar-refractivity contribution in [1.29, 1.82) is 5.26 Å². The van der Waals surface area contributed by atoms with Gasteiger partial charge in [0, 0.05) is 18.1 Å². The maximum Gasteiger partial charge on any atom is 0.326 e. The van der Waals surface area contributed by atoms with E-state index in [1.165, 1.54) is 17.6 Å². The highest BCUT2D eigenvalue weighted by Gasteiger charge is 2.46. The minimum absolute atomic E-state index is 0.0761. The number of nitrogens with one attached hydrogen (secondary N) is 1. The average Bonchev–Trinajstić information content (AvgIpc) is 3.57. The van der Waals surface area contributed by atoms with Crippen molar-refractivity contribution >= 4 is 29.4 Å². The Bertz CT molecular complexity index is 1410. The molecule has 194 valence electrons. The highest BCUT2D eigenvalue weighted by atomic mass is 35.5.